The van der Waals surface area contributed by atoms with Crippen LogP contribution < -0.4 is 11.1 Å². The third-order valence-electron chi connectivity index (χ3n) is 2.31. The highest BCUT2D eigenvalue weighted by molar-refractivity contribution is 5.87. The second-order valence-electron chi connectivity index (χ2n) is 6.23. The van der Waals surface area contributed by atoms with E-state index in [1.807, 2.05) is 34.6 Å². The van der Waals surface area contributed by atoms with Gasteiger partial charge in [-0.2, -0.15) is 0 Å². The zero-order valence-electron chi connectivity index (χ0n) is 12.8. The van der Waals surface area contributed by atoms with Gasteiger partial charge in [-0.05, 0) is 33.1 Å². The molecule has 0 bridgehead atoms. The quantitative estimate of drug-likeness (QED) is 0.798. The van der Waals surface area contributed by atoms with Crippen molar-refractivity contribution in [2.45, 2.75) is 52.6 Å². The molecule has 0 saturated heterocycles. The number of carbonyl (C=O) groups excluding carboxylic acids is 2. The molecule has 0 aliphatic heterocycles. The summed E-state index contributed by atoms with van der Waals surface area (Å²) < 4.78 is 0. The average Bonchev–Trinajstić information content (AvgIpc) is 2.11. The topological polar surface area (TPSA) is 75.4 Å². The molecule has 0 fully saturated rings. The van der Waals surface area contributed by atoms with Gasteiger partial charge in [0.1, 0.15) is 0 Å². The van der Waals surface area contributed by atoms with E-state index in [9.17, 15) is 9.59 Å². The lowest BCUT2D eigenvalue weighted by Gasteiger charge is -2.25. The van der Waals surface area contributed by atoms with Crippen molar-refractivity contribution in [1.82, 2.24) is 10.2 Å². The lowest BCUT2D eigenvalue weighted by atomic mass is 10.0. The van der Waals surface area contributed by atoms with Crippen LogP contribution >= 0.6 is 12.4 Å². The van der Waals surface area contributed by atoms with Crippen molar-refractivity contribution < 1.29 is 9.59 Å². The zero-order chi connectivity index (χ0) is 14.5. The van der Waals surface area contributed by atoms with Crippen LogP contribution in [0.3, 0.4) is 0 Å². The molecule has 0 aromatic carbocycles. The summed E-state index contributed by atoms with van der Waals surface area (Å²) in [5.74, 6) is 0.00334. The Balaban J connectivity index is 0. The van der Waals surface area contributed by atoms with Crippen molar-refractivity contribution in [3.05, 3.63) is 0 Å². The third kappa shape index (κ3) is 9.73. The highest BCUT2D eigenvalue weighted by Crippen LogP contribution is 2.05. The lowest BCUT2D eigenvalue weighted by molar-refractivity contribution is -0.136. The van der Waals surface area contributed by atoms with Crippen LogP contribution in [-0.2, 0) is 9.59 Å². The van der Waals surface area contributed by atoms with Crippen molar-refractivity contribution >= 4 is 24.2 Å². The smallest absolute Gasteiger partial charge is 0.240 e. The fourth-order valence-electron chi connectivity index (χ4n) is 1.64. The van der Waals surface area contributed by atoms with Crippen molar-refractivity contribution in [3.63, 3.8) is 0 Å². The lowest BCUT2D eigenvalue weighted by Crippen LogP contribution is -2.49. The van der Waals surface area contributed by atoms with Gasteiger partial charge in [0.25, 0.3) is 0 Å². The van der Waals surface area contributed by atoms with E-state index in [0.29, 0.717) is 12.3 Å². The molecule has 3 N–H and O–H groups in total. The number of nitrogens with zero attached hydrogens (tertiary/aromatic N) is 1. The number of carbonyl (C=O) groups is 2. The molecule has 1 atom stereocenters. The van der Waals surface area contributed by atoms with Crippen LogP contribution in [0.1, 0.15) is 41.0 Å². The van der Waals surface area contributed by atoms with Gasteiger partial charge < -0.3 is 16.0 Å². The molecule has 0 aliphatic carbocycles. The molecule has 2 amide bonds. The number of likely N-dealkylation sites (N-methyl/N-ethyl adjacent to an activating group) is 1. The highest BCUT2D eigenvalue weighted by Gasteiger charge is 2.22. The number of nitrogens with two attached hydrogens (primary N) is 1. The van der Waals surface area contributed by atoms with Gasteiger partial charge in [-0.25, -0.2) is 0 Å². The molecule has 0 heterocycles. The summed E-state index contributed by atoms with van der Waals surface area (Å²) in [6.45, 7) is 9.77. The van der Waals surface area contributed by atoms with Gasteiger partial charge in [0.05, 0.1) is 12.6 Å². The maximum atomic E-state index is 11.9. The number of nitrogens with one attached hydrogen (secondary N) is 1. The molecular formula is C13H28ClN3O2. The Bertz CT molecular complexity index is 301. The summed E-state index contributed by atoms with van der Waals surface area (Å²) in [5.41, 5.74) is 5.51. The minimum absolute atomic E-state index is 0. The zero-order valence-corrected chi connectivity index (χ0v) is 13.6. The number of hydrogen-bond acceptors (Lipinski definition) is 3. The molecule has 0 spiro atoms. The van der Waals surface area contributed by atoms with Crippen LogP contribution in [0, 0.1) is 5.92 Å². The predicted octanol–water partition coefficient (Wildman–Crippen LogP) is 1.15. The second-order valence-corrected chi connectivity index (χ2v) is 6.23. The number of halogens is 1. The van der Waals surface area contributed by atoms with Crippen molar-refractivity contribution in [2.75, 3.05) is 13.6 Å². The molecular weight excluding hydrogens is 266 g/mol. The Morgan fingerprint density at radius 1 is 1.26 bits per heavy atom. The minimum atomic E-state index is -0.530. The predicted molar refractivity (Wildman–Crippen MR) is 80.2 cm³/mol. The molecule has 0 radical (unpaired) electrons. The average molecular weight is 294 g/mol. The first-order valence-corrected chi connectivity index (χ1v) is 6.34. The Morgan fingerprint density at radius 2 is 1.74 bits per heavy atom. The molecule has 19 heavy (non-hydrogen) atoms. The van der Waals surface area contributed by atoms with Gasteiger partial charge in [0.2, 0.25) is 11.8 Å². The van der Waals surface area contributed by atoms with Crippen LogP contribution in [0.5, 0.6) is 0 Å². The van der Waals surface area contributed by atoms with E-state index in [2.05, 4.69) is 5.32 Å². The first kappa shape index (κ1) is 20.5. The third-order valence-corrected chi connectivity index (χ3v) is 2.31. The molecule has 114 valence electrons. The highest BCUT2D eigenvalue weighted by atomic mass is 35.5. The minimum Gasteiger partial charge on any atom is -0.350 e. The standard InChI is InChI=1S/C13H27N3O2.ClH/c1-9(2)7-10(14)12(18)16(6)8-11(17)15-13(3,4)5;/h9-10H,7-8,14H2,1-6H3,(H,15,17);1H/t10-;/m0./s1. The fraction of sp³-hybridized carbons (Fsp3) is 0.846. The number of hydrogen-bond donors (Lipinski definition) is 2. The van der Waals surface area contributed by atoms with Gasteiger partial charge >= 0.3 is 0 Å². The van der Waals surface area contributed by atoms with Gasteiger partial charge in [-0.15, -0.1) is 12.4 Å². The van der Waals surface area contributed by atoms with Crippen LogP contribution in [0.25, 0.3) is 0 Å². The van der Waals surface area contributed by atoms with Crippen LogP contribution in [-0.4, -0.2) is 41.9 Å². The summed E-state index contributed by atoms with van der Waals surface area (Å²) in [7, 11) is 1.60. The maximum absolute atomic E-state index is 11.9. The Kier molecular flexibility index (Phi) is 9.04. The van der Waals surface area contributed by atoms with Crippen molar-refractivity contribution in [1.29, 1.82) is 0 Å². The summed E-state index contributed by atoms with van der Waals surface area (Å²) in [5, 5.41) is 2.81. The van der Waals surface area contributed by atoms with Gasteiger partial charge in [-0.3, -0.25) is 9.59 Å². The first-order chi connectivity index (χ1) is 8.03. The van der Waals surface area contributed by atoms with E-state index in [4.69, 9.17) is 5.73 Å². The van der Waals surface area contributed by atoms with E-state index in [1.165, 1.54) is 4.90 Å². The maximum Gasteiger partial charge on any atom is 0.240 e. The molecule has 0 aromatic rings. The molecule has 0 rings (SSSR count). The largest absolute Gasteiger partial charge is 0.350 e. The Hall–Kier alpha value is -0.810. The molecule has 0 aromatic heterocycles. The normalized spacial score (nSPS) is 12.6. The van der Waals surface area contributed by atoms with E-state index >= 15 is 0 Å². The first-order valence-electron chi connectivity index (χ1n) is 6.34. The van der Waals surface area contributed by atoms with Gasteiger partial charge in [0.15, 0.2) is 0 Å². The molecule has 0 saturated carbocycles. The molecule has 0 aliphatic rings. The Labute approximate surface area is 122 Å². The fourth-order valence-corrected chi connectivity index (χ4v) is 1.64. The molecule has 0 unspecified atom stereocenters. The second kappa shape index (κ2) is 8.38. The Morgan fingerprint density at radius 3 is 2.11 bits per heavy atom. The van der Waals surface area contributed by atoms with Gasteiger partial charge in [-0.1, -0.05) is 13.8 Å². The summed E-state index contributed by atoms with van der Waals surface area (Å²) in [6, 6.07) is -0.530. The van der Waals surface area contributed by atoms with E-state index < -0.39 is 6.04 Å². The van der Waals surface area contributed by atoms with Gasteiger partial charge in [0, 0.05) is 12.6 Å². The van der Waals surface area contributed by atoms with E-state index in [-0.39, 0.29) is 36.3 Å². The number of amides is 2. The van der Waals surface area contributed by atoms with Crippen LogP contribution in [0.15, 0.2) is 0 Å². The van der Waals surface area contributed by atoms with Crippen molar-refractivity contribution in [3.8, 4) is 0 Å². The van der Waals surface area contributed by atoms with Crippen molar-refractivity contribution in [2.24, 2.45) is 11.7 Å². The number of rotatable bonds is 5. The monoisotopic (exact) mass is 293 g/mol. The summed E-state index contributed by atoms with van der Waals surface area (Å²) >= 11 is 0. The van der Waals surface area contributed by atoms with E-state index in [0.717, 1.165) is 0 Å². The molecule has 6 heteroatoms. The van der Waals surface area contributed by atoms with Crippen LogP contribution in [0.2, 0.25) is 0 Å². The molecule has 5 nitrogen and oxygen atoms in total. The summed E-state index contributed by atoms with van der Waals surface area (Å²) in [4.78, 5) is 25.0. The SMILES string of the molecule is CC(C)C[C@H](N)C(=O)N(C)CC(=O)NC(C)(C)C.Cl. The van der Waals surface area contributed by atoms with Crippen LogP contribution in [0.4, 0.5) is 0 Å². The summed E-state index contributed by atoms with van der Waals surface area (Å²) in [6.07, 6.45) is 0.629. The van der Waals surface area contributed by atoms with E-state index in [1.54, 1.807) is 7.05 Å².